The first-order valence-corrected chi connectivity index (χ1v) is 9.00. The second-order valence-electron chi connectivity index (χ2n) is 6.71. The fourth-order valence-electron chi connectivity index (χ4n) is 3.52. The Hall–Kier alpha value is -3.02. The van der Waals surface area contributed by atoms with Gasteiger partial charge in [-0.15, -0.1) is 0 Å². The average Bonchev–Trinajstić information content (AvgIpc) is 2.68. The Morgan fingerprint density at radius 2 is 1.88 bits per heavy atom. The van der Waals surface area contributed by atoms with Gasteiger partial charge in [0.15, 0.2) is 5.75 Å². The number of nitrogens with zero attached hydrogens (tertiary/aromatic N) is 1. The van der Waals surface area contributed by atoms with Crippen molar-refractivity contribution in [3.63, 3.8) is 0 Å². The number of hydrogen-bond acceptors (Lipinski definition) is 5. The van der Waals surface area contributed by atoms with Gasteiger partial charge in [0, 0.05) is 23.7 Å². The quantitative estimate of drug-likeness (QED) is 0.619. The molecule has 1 aliphatic heterocycles. The molecule has 0 radical (unpaired) electrons. The molecule has 0 bridgehead atoms. The lowest BCUT2D eigenvalue weighted by Gasteiger charge is -2.30. The van der Waals surface area contributed by atoms with Crippen LogP contribution in [0.1, 0.15) is 37.7 Å². The second-order valence-corrected chi connectivity index (χ2v) is 6.71. The summed E-state index contributed by atoms with van der Waals surface area (Å²) >= 11 is 0. The summed E-state index contributed by atoms with van der Waals surface area (Å²) in [6.07, 6.45) is 5.91. The summed E-state index contributed by atoms with van der Waals surface area (Å²) in [6, 6.07) is 14.7. The zero-order chi connectivity index (χ0) is 17.9. The summed E-state index contributed by atoms with van der Waals surface area (Å²) in [5.74, 6) is 1.39. The van der Waals surface area contributed by atoms with Gasteiger partial charge in [-0.3, -0.25) is 10.1 Å². The van der Waals surface area contributed by atoms with Crippen LogP contribution in [0.2, 0.25) is 0 Å². The zero-order valence-corrected chi connectivity index (χ0v) is 14.4. The van der Waals surface area contributed by atoms with Gasteiger partial charge >= 0.3 is 0 Å². The van der Waals surface area contributed by atoms with Gasteiger partial charge in [0.25, 0.3) is 5.69 Å². The first-order chi connectivity index (χ1) is 12.7. The largest absolute Gasteiger partial charge is 0.437 e. The van der Waals surface area contributed by atoms with Crippen LogP contribution in [0.3, 0.4) is 0 Å². The van der Waals surface area contributed by atoms with Crippen molar-refractivity contribution in [3.8, 4) is 5.75 Å². The van der Waals surface area contributed by atoms with E-state index in [1.165, 1.54) is 25.3 Å². The van der Waals surface area contributed by atoms with Gasteiger partial charge in [-0.1, -0.05) is 43.5 Å². The number of hydrogen-bond donors (Lipinski definition) is 2. The van der Waals surface area contributed by atoms with Crippen LogP contribution >= 0.6 is 0 Å². The standard InChI is InChI=1S/C20H21N3O3/c24-23(25)16-10-6-7-14(13-16)19-20(21-15-8-2-1-3-9-15)26-18-12-5-4-11-17(18)22-19/h4-7,10-13,15,21-22H,1-3,8-9H2. The number of nitro groups is 1. The first kappa shape index (κ1) is 16.4. The molecule has 26 heavy (non-hydrogen) atoms. The predicted octanol–water partition coefficient (Wildman–Crippen LogP) is 4.65. The van der Waals surface area contributed by atoms with E-state index in [4.69, 9.17) is 4.74 Å². The fourth-order valence-corrected chi connectivity index (χ4v) is 3.52. The van der Waals surface area contributed by atoms with Crippen LogP contribution in [-0.2, 0) is 0 Å². The van der Waals surface area contributed by atoms with Crippen LogP contribution in [-0.4, -0.2) is 11.0 Å². The number of nitro benzene ring substituents is 1. The smallest absolute Gasteiger partial charge is 0.270 e. The summed E-state index contributed by atoms with van der Waals surface area (Å²) in [4.78, 5) is 10.8. The average molecular weight is 351 g/mol. The van der Waals surface area contributed by atoms with Gasteiger partial charge < -0.3 is 15.4 Å². The van der Waals surface area contributed by atoms with E-state index in [1.807, 2.05) is 30.3 Å². The van der Waals surface area contributed by atoms with Crippen LogP contribution < -0.4 is 15.4 Å². The SMILES string of the molecule is O=[N+]([O-])c1cccc(C2=C(NC3CCCCC3)Oc3ccccc3N2)c1. The third-order valence-corrected chi connectivity index (χ3v) is 4.87. The first-order valence-electron chi connectivity index (χ1n) is 9.00. The van der Waals surface area contributed by atoms with Crippen LogP contribution in [0.15, 0.2) is 54.4 Å². The highest BCUT2D eigenvalue weighted by Crippen LogP contribution is 2.36. The molecule has 1 fully saturated rings. The summed E-state index contributed by atoms with van der Waals surface area (Å²) in [7, 11) is 0. The molecule has 6 nitrogen and oxygen atoms in total. The number of non-ortho nitro benzene ring substituents is 1. The third-order valence-electron chi connectivity index (χ3n) is 4.87. The molecule has 134 valence electrons. The molecule has 0 unspecified atom stereocenters. The number of fused-ring (bicyclic) bond motifs is 1. The van der Waals surface area contributed by atoms with Crippen molar-refractivity contribution in [3.05, 3.63) is 70.1 Å². The maximum absolute atomic E-state index is 11.2. The number of rotatable bonds is 4. The number of ether oxygens (including phenoxy) is 1. The van der Waals surface area contributed by atoms with E-state index in [2.05, 4.69) is 10.6 Å². The van der Waals surface area contributed by atoms with E-state index in [0.717, 1.165) is 35.5 Å². The van der Waals surface area contributed by atoms with Crippen molar-refractivity contribution >= 4 is 17.1 Å². The normalized spacial score (nSPS) is 17.1. The van der Waals surface area contributed by atoms with Crippen molar-refractivity contribution in [1.29, 1.82) is 0 Å². The second kappa shape index (κ2) is 7.07. The van der Waals surface area contributed by atoms with Crippen molar-refractivity contribution in [2.75, 3.05) is 5.32 Å². The summed E-state index contributed by atoms with van der Waals surface area (Å²) < 4.78 is 6.14. The molecule has 0 amide bonds. The Morgan fingerprint density at radius 1 is 1.08 bits per heavy atom. The summed E-state index contributed by atoms with van der Waals surface area (Å²) in [5.41, 5.74) is 2.38. The molecule has 0 saturated heterocycles. The van der Waals surface area contributed by atoms with Crippen molar-refractivity contribution < 1.29 is 9.66 Å². The number of anilines is 1. The van der Waals surface area contributed by atoms with E-state index in [-0.39, 0.29) is 10.6 Å². The minimum absolute atomic E-state index is 0.0627. The lowest BCUT2D eigenvalue weighted by Crippen LogP contribution is -2.35. The Morgan fingerprint density at radius 3 is 2.69 bits per heavy atom. The molecular formula is C20H21N3O3. The number of nitrogens with one attached hydrogen (secondary N) is 2. The summed E-state index contributed by atoms with van der Waals surface area (Å²) in [6.45, 7) is 0. The van der Waals surface area contributed by atoms with Gasteiger partial charge in [0.1, 0.15) is 5.70 Å². The van der Waals surface area contributed by atoms with Gasteiger partial charge in [0.05, 0.1) is 10.6 Å². The zero-order valence-electron chi connectivity index (χ0n) is 14.4. The van der Waals surface area contributed by atoms with Gasteiger partial charge in [-0.2, -0.15) is 0 Å². The van der Waals surface area contributed by atoms with E-state index < -0.39 is 0 Å². The minimum Gasteiger partial charge on any atom is -0.437 e. The molecule has 2 aromatic rings. The number of benzene rings is 2. The highest BCUT2D eigenvalue weighted by atomic mass is 16.6. The van der Waals surface area contributed by atoms with Crippen LogP contribution in [0.5, 0.6) is 5.75 Å². The van der Waals surface area contributed by atoms with E-state index >= 15 is 0 Å². The molecule has 6 heteroatoms. The highest BCUT2D eigenvalue weighted by Gasteiger charge is 2.24. The Kier molecular flexibility index (Phi) is 4.48. The molecule has 0 aromatic heterocycles. The monoisotopic (exact) mass is 351 g/mol. The summed E-state index contributed by atoms with van der Waals surface area (Å²) in [5, 5.41) is 18.1. The van der Waals surface area contributed by atoms with Gasteiger partial charge in [-0.25, -0.2) is 0 Å². The molecule has 0 atom stereocenters. The molecule has 2 aromatic carbocycles. The predicted molar refractivity (Wildman–Crippen MR) is 101 cm³/mol. The fraction of sp³-hybridized carbons (Fsp3) is 0.300. The Balaban J connectivity index is 1.72. The molecule has 2 aliphatic rings. The maximum Gasteiger partial charge on any atom is 0.270 e. The van der Waals surface area contributed by atoms with Crippen LogP contribution in [0, 0.1) is 10.1 Å². The third kappa shape index (κ3) is 3.35. The molecule has 4 rings (SSSR count). The minimum atomic E-state index is -0.379. The highest BCUT2D eigenvalue weighted by molar-refractivity contribution is 5.83. The van der Waals surface area contributed by atoms with Crippen molar-refractivity contribution in [1.82, 2.24) is 5.32 Å². The Bertz CT molecular complexity index is 857. The topological polar surface area (TPSA) is 76.4 Å². The molecule has 0 spiro atoms. The van der Waals surface area contributed by atoms with Crippen LogP contribution in [0.25, 0.3) is 5.70 Å². The lowest BCUT2D eigenvalue weighted by molar-refractivity contribution is -0.384. The lowest BCUT2D eigenvalue weighted by atomic mass is 9.95. The van der Waals surface area contributed by atoms with E-state index in [9.17, 15) is 10.1 Å². The van der Waals surface area contributed by atoms with Gasteiger partial charge in [-0.05, 0) is 25.0 Å². The Labute approximate surface area is 152 Å². The van der Waals surface area contributed by atoms with Gasteiger partial charge in [0.2, 0.25) is 5.88 Å². The molecule has 1 saturated carbocycles. The molecular weight excluding hydrogens is 330 g/mol. The number of para-hydroxylation sites is 2. The molecule has 1 heterocycles. The van der Waals surface area contributed by atoms with E-state index in [0.29, 0.717) is 11.9 Å². The van der Waals surface area contributed by atoms with E-state index in [1.54, 1.807) is 12.1 Å². The molecule has 1 aliphatic carbocycles. The molecule has 2 N–H and O–H groups in total. The van der Waals surface area contributed by atoms with Crippen LogP contribution in [0.4, 0.5) is 11.4 Å². The maximum atomic E-state index is 11.2. The van der Waals surface area contributed by atoms with Crippen molar-refractivity contribution in [2.45, 2.75) is 38.1 Å². The van der Waals surface area contributed by atoms with Crippen molar-refractivity contribution in [2.24, 2.45) is 0 Å².